The van der Waals surface area contributed by atoms with Crippen molar-refractivity contribution < 1.29 is 0 Å². The van der Waals surface area contributed by atoms with Crippen LogP contribution in [0.15, 0.2) is 42.5 Å². The first kappa shape index (κ1) is 20.1. The minimum Gasteiger partial charge on any atom is -0.349 e. The quantitative estimate of drug-likeness (QED) is 0.628. The van der Waals surface area contributed by atoms with Crippen LogP contribution >= 0.6 is 24.0 Å². The van der Waals surface area contributed by atoms with Crippen LogP contribution in [0.3, 0.4) is 0 Å². The summed E-state index contributed by atoms with van der Waals surface area (Å²) in [6, 6.07) is 13.2. The highest BCUT2D eigenvalue weighted by molar-refractivity contribution is 6.30. The van der Waals surface area contributed by atoms with Gasteiger partial charge in [0.05, 0.1) is 0 Å². The van der Waals surface area contributed by atoms with Crippen molar-refractivity contribution in [2.75, 3.05) is 6.54 Å². The van der Waals surface area contributed by atoms with Crippen molar-refractivity contribution in [1.82, 2.24) is 9.88 Å². The number of aromatic nitrogens is 1. The van der Waals surface area contributed by atoms with Crippen LogP contribution in [0.25, 0.3) is 5.57 Å². The van der Waals surface area contributed by atoms with Gasteiger partial charge in [0.1, 0.15) is 0 Å². The molecule has 0 radical (unpaired) electrons. The molecule has 3 rings (SSSR count). The molecule has 0 spiro atoms. The number of rotatable bonds is 6. The Morgan fingerprint density at radius 2 is 1.72 bits per heavy atom. The Morgan fingerprint density at radius 3 is 2.40 bits per heavy atom. The first-order valence-electron chi connectivity index (χ1n) is 8.94. The van der Waals surface area contributed by atoms with E-state index in [2.05, 4.69) is 54.1 Å². The van der Waals surface area contributed by atoms with Gasteiger partial charge in [-0.25, -0.2) is 0 Å². The van der Waals surface area contributed by atoms with E-state index in [0.29, 0.717) is 6.04 Å². The van der Waals surface area contributed by atoms with Crippen molar-refractivity contribution >= 4 is 29.6 Å². The van der Waals surface area contributed by atoms with Crippen LogP contribution in [-0.2, 0) is 6.54 Å². The van der Waals surface area contributed by atoms with Crippen LogP contribution in [0.5, 0.6) is 0 Å². The monoisotopic (exact) mass is 378 g/mol. The summed E-state index contributed by atoms with van der Waals surface area (Å²) in [5.41, 5.74) is 5.50. The first-order chi connectivity index (χ1) is 11.6. The van der Waals surface area contributed by atoms with E-state index in [-0.39, 0.29) is 12.4 Å². The Hall–Kier alpha value is -1.22. The summed E-state index contributed by atoms with van der Waals surface area (Å²) in [5.74, 6) is 0. The van der Waals surface area contributed by atoms with E-state index in [1.165, 1.54) is 41.8 Å². The Balaban J connectivity index is 0.00000225. The third kappa shape index (κ3) is 5.37. The molecule has 1 aromatic heterocycles. The molecule has 0 bridgehead atoms. The van der Waals surface area contributed by atoms with Crippen LogP contribution in [0.4, 0.5) is 0 Å². The van der Waals surface area contributed by atoms with Gasteiger partial charge in [0.25, 0.3) is 0 Å². The maximum Gasteiger partial charge on any atom is 0.0406 e. The van der Waals surface area contributed by atoms with Crippen LogP contribution in [0.1, 0.15) is 42.6 Å². The molecule has 25 heavy (non-hydrogen) atoms. The highest BCUT2D eigenvalue weighted by atomic mass is 35.5. The minimum atomic E-state index is 0. The molecule has 4 heteroatoms. The normalized spacial score (nSPS) is 17.1. The number of hydrogen-bond acceptors (Lipinski definition) is 1. The summed E-state index contributed by atoms with van der Waals surface area (Å²) in [6.07, 6.45) is 7.18. The smallest absolute Gasteiger partial charge is 0.0406 e. The van der Waals surface area contributed by atoms with E-state index in [0.717, 1.165) is 24.5 Å². The van der Waals surface area contributed by atoms with Gasteiger partial charge in [0, 0.05) is 35.5 Å². The van der Waals surface area contributed by atoms with Gasteiger partial charge in [-0.15, -0.1) is 12.4 Å². The Morgan fingerprint density at radius 1 is 1.04 bits per heavy atom. The molecule has 1 atom stereocenters. The van der Waals surface area contributed by atoms with Crippen molar-refractivity contribution in [3.05, 3.63) is 64.4 Å². The molecular formula is C21H28Cl2N2. The van der Waals surface area contributed by atoms with E-state index in [4.69, 9.17) is 11.6 Å². The molecule has 2 aromatic rings. The molecule has 1 unspecified atom stereocenters. The third-order valence-electron chi connectivity index (χ3n) is 5.04. The fourth-order valence-corrected chi connectivity index (χ4v) is 3.71. The summed E-state index contributed by atoms with van der Waals surface area (Å²) in [7, 11) is 0. The van der Waals surface area contributed by atoms with E-state index in [9.17, 15) is 0 Å². The lowest BCUT2D eigenvalue weighted by Gasteiger charge is -2.25. The fraction of sp³-hybridized carbons (Fsp3) is 0.429. The number of aryl methyl sites for hydroxylation is 2. The number of nitrogens with one attached hydrogen (secondary N) is 1. The highest BCUT2D eigenvalue weighted by Crippen LogP contribution is 2.25. The van der Waals surface area contributed by atoms with Crippen molar-refractivity contribution in [1.29, 1.82) is 0 Å². The minimum absolute atomic E-state index is 0. The van der Waals surface area contributed by atoms with Crippen molar-refractivity contribution in [3.8, 4) is 0 Å². The van der Waals surface area contributed by atoms with E-state index in [1.807, 2.05) is 12.1 Å². The zero-order valence-corrected chi connectivity index (χ0v) is 16.7. The van der Waals surface area contributed by atoms with Gasteiger partial charge in [-0.05, 0) is 68.5 Å². The molecule has 2 heterocycles. The highest BCUT2D eigenvalue weighted by Gasteiger charge is 2.15. The standard InChI is InChI=1S/C21H27ClN2.ClH/c1-16-6-7-17(2)24(16)14-4-3-5-21-15-19(12-13-23-21)18-8-10-20(22)11-9-18;/h6-12,21,23H,3-5,13-15H2,1-2H3;1H. The molecule has 0 saturated carbocycles. The summed E-state index contributed by atoms with van der Waals surface area (Å²) in [4.78, 5) is 0. The van der Waals surface area contributed by atoms with Crippen LogP contribution in [0.2, 0.25) is 5.02 Å². The van der Waals surface area contributed by atoms with E-state index in [1.54, 1.807) is 0 Å². The summed E-state index contributed by atoms with van der Waals surface area (Å²) < 4.78 is 2.42. The SMILES string of the molecule is Cc1ccc(C)n1CCCCC1CC(c2ccc(Cl)cc2)=CCN1.Cl. The van der Waals surface area contributed by atoms with Crippen LogP contribution < -0.4 is 5.32 Å². The van der Waals surface area contributed by atoms with Crippen molar-refractivity contribution in [3.63, 3.8) is 0 Å². The van der Waals surface area contributed by atoms with Crippen LogP contribution in [-0.4, -0.2) is 17.2 Å². The number of nitrogens with zero attached hydrogens (tertiary/aromatic N) is 1. The van der Waals surface area contributed by atoms with Crippen molar-refractivity contribution in [2.45, 2.75) is 52.1 Å². The lowest BCUT2D eigenvalue weighted by molar-refractivity contribution is 0.462. The second-order valence-electron chi connectivity index (χ2n) is 6.81. The average Bonchev–Trinajstić information content (AvgIpc) is 2.91. The molecule has 1 aliphatic heterocycles. The molecular weight excluding hydrogens is 351 g/mol. The molecule has 2 nitrogen and oxygen atoms in total. The molecule has 1 N–H and O–H groups in total. The number of hydrogen-bond donors (Lipinski definition) is 1. The second kappa shape index (κ2) is 9.47. The van der Waals surface area contributed by atoms with E-state index < -0.39 is 0 Å². The Bertz CT molecular complexity index is 682. The lowest BCUT2D eigenvalue weighted by atomic mass is 9.93. The zero-order chi connectivity index (χ0) is 16.9. The van der Waals surface area contributed by atoms with Gasteiger partial charge in [-0.3, -0.25) is 0 Å². The largest absolute Gasteiger partial charge is 0.349 e. The predicted molar refractivity (Wildman–Crippen MR) is 111 cm³/mol. The summed E-state index contributed by atoms with van der Waals surface area (Å²) >= 11 is 5.99. The topological polar surface area (TPSA) is 17.0 Å². The van der Waals surface area contributed by atoms with Gasteiger partial charge in [0.15, 0.2) is 0 Å². The fourth-order valence-electron chi connectivity index (χ4n) is 3.59. The average molecular weight is 379 g/mol. The number of benzene rings is 1. The van der Waals surface area contributed by atoms with Gasteiger partial charge >= 0.3 is 0 Å². The van der Waals surface area contributed by atoms with E-state index >= 15 is 0 Å². The van der Waals surface area contributed by atoms with Gasteiger partial charge in [0.2, 0.25) is 0 Å². The Labute approximate surface area is 162 Å². The summed E-state index contributed by atoms with van der Waals surface area (Å²) in [5, 5.41) is 4.44. The molecule has 1 aliphatic rings. The first-order valence-corrected chi connectivity index (χ1v) is 9.32. The maximum atomic E-state index is 5.99. The molecule has 0 amide bonds. The zero-order valence-electron chi connectivity index (χ0n) is 15.1. The number of halogens is 2. The summed E-state index contributed by atoms with van der Waals surface area (Å²) in [6.45, 7) is 6.49. The molecule has 0 aliphatic carbocycles. The predicted octanol–water partition coefficient (Wildman–Crippen LogP) is 5.80. The molecule has 136 valence electrons. The molecule has 0 saturated heterocycles. The van der Waals surface area contributed by atoms with Crippen LogP contribution in [0, 0.1) is 13.8 Å². The molecule has 0 fully saturated rings. The molecule has 1 aromatic carbocycles. The number of unbranched alkanes of at least 4 members (excludes halogenated alkanes) is 1. The van der Waals surface area contributed by atoms with Gasteiger partial charge < -0.3 is 9.88 Å². The van der Waals surface area contributed by atoms with Gasteiger partial charge in [-0.2, -0.15) is 0 Å². The maximum absolute atomic E-state index is 5.99. The van der Waals surface area contributed by atoms with Crippen molar-refractivity contribution in [2.24, 2.45) is 0 Å². The second-order valence-corrected chi connectivity index (χ2v) is 7.25. The lowest BCUT2D eigenvalue weighted by Crippen LogP contribution is -2.32. The van der Waals surface area contributed by atoms with Gasteiger partial charge in [-0.1, -0.05) is 36.2 Å². The third-order valence-corrected chi connectivity index (χ3v) is 5.29. The Kier molecular flexibility index (Phi) is 7.61.